The molecular weight excluding hydrogens is 268 g/mol. The Morgan fingerprint density at radius 1 is 1.14 bits per heavy atom. The maximum Gasteiger partial charge on any atom is 0.247 e. The van der Waals surface area contributed by atoms with E-state index in [9.17, 15) is 4.79 Å². The standard InChI is InChI=1S/C16H16N2O3/c1-20-13-9-17-14(16(18-13)21-2)15(19)12-7-6-10-4-3-5-11(10)8-12/h6-9H,3-5H2,1-2H3. The molecule has 0 unspecified atom stereocenters. The van der Waals surface area contributed by atoms with E-state index < -0.39 is 0 Å². The number of nitrogens with zero attached hydrogens (tertiary/aromatic N) is 2. The van der Waals surface area contributed by atoms with Crippen LogP contribution in [-0.2, 0) is 12.8 Å². The summed E-state index contributed by atoms with van der Waals surface area (Å²) in [4.78, 5) is 20.8. The molecule has 5 heteroatoms. The fraction of sp³-hybridized carbons (Fsp3) is 0.312. The first kappa shape index (κ1) is 13.5. The van der Waals surface area contributed by atoms with Crippen LogP contribution in [0.3, 0.4) is 0 Å². The van der Waals surface area contributed by atoms with Crippen LogP contribution in [0.5, 0.6) is 11.8 Å². The Kier molecular flexibility index (Phi) is 3.56. The molecule has 1 heterocycles. The van der Waals surface area contributed by atoms with Crippen LogP contribution < -0.4 is 9.47 Å². The summed E-state index contributed by atoms with van der Waals surface area (Å²) < 4.78 is 10.1. The Bertz CT molecular complexity index is 698. The fourth-order valence-electron chi connectivity index (χ4n) is 2.60. The lowest BCUT2D eigenvalue weighted by Crippen LogP contribution is -2.09. The number of carbonyl (C=O) groups excluding carboxylic acids is 1. The summed E-state index contributed by atoms with van der Waals surface area (Å²) in [6.45, 7) is 0. The van der Waals surface area contributed by atoms with Gasteiger partial charge in [-0.2, -0.15) is 4.98 Å². The van der Waals surface area contributed by atoms with Crippen LogP contribution in [0.15, 0.2) is 24.4 Å². The van der Waals surface area contributed by atoms with Crippen molar-refractivity contribution in [2.24, 2.45) is 0 Å². The number of fused-ring (bicyclic) bond motifs is 1. The first-order valence-corrected chi connectivity index (χ1v) is 6.84. The molecule has 1 aliphatic rings. The van der Waals surface area contributed by atoms with E-state index in [0.717, 1.165) is 19.3 Å². The quantitative estimate of drug-likeness (QED) is 0.806. The van der Waals surface area contributed by atoms with Crippen molar-refractivity contribution in [2.45, 2.75) is 19.3 Å². The second-order valence-corrected chi connectivity index (χ2v) is 4.94. The van der Waals surface area contributed by atoms with Crippen molar-refractivity contribution in [3.05, 3.63) is 46.8 Å². The van der Waals surface area contributed by atoms with Gasteiger partial charge in [0.15, 0.2) is 5.69 Å². The molecule has 0 radical (unpaired) electrons. The molecule has 0 bridgehead atoms. The van der Waals surface area contributed by atoms with Crippen LogP contribution >= 0.6 is 0 Å². The molecular formula is C16H16N2O3. The third-order valence-corrected chi connectivity index (χ3v) is 3.70. The van der Waals surface area contributed by atoms with Gasteiger partial charge in [-0.25, -0.2) is 4.98 Å². The summed E-state index contributed by atoms with van der Waals surface area (Å²) in [5.74, 6) is 0.314. The Balaban J connectivity index is 1.98. The van der Waals surface area contributed by atoms with Gasteiger partial charge in [0.1, 0.15) is 0 Å². The number of aryl methyl sites for hydroxylation is 2. The van der Waals surface area contributed by atoms with E-state index in [2.05, 4.69) is 9.97 Å². The van der Waals surface area contributed by atoms with Crippen LogP contribution in [0.25, 0.3) is 0 Å². The molecule has 0 saturated carbocycles. The molecule has 0 saturated heterocycles. The zero-order valence-electron chi connectivity index (χ0n) is 12.0. The molecule has 2 aromatic rings. The minimum absolute atomic E-state index is 0.180. The van der Waals surface area contributed by atoms with E-state index in [1.807, 2.05) is 18.2 Å². The van der Waals surface area contributed by atoms with Gasteiger partial charge >= 0.3 is 0 Å². The summed E-state index contributed by atoms with van der Waals surface area (Å²) >= 11 is 0. The van der Waals surface area contributed by atoms with Gasteiger partial charge in [-0.15, -0.1) is 0 Å². The molecule has 0 aliphatic heterocycles. The van der Waals surface area contributed by atoms with Gasteiger partial charge in [-0.05, 0) is 36.5 Å². The fourth-order valence-corrected chi connectivity index (χ4v) is 2.60. The van der Waals surface area contributed by atoms with Gasteiger partial charge < -0.3 is 9.47 Å². The lowest BCUT2D eigenvalue weighted by Gasteiger charge is -2.08. The maximum atomic E-state index is 12.6. The van der Waals surface area contributed by atoms with Crippen molar-refractivity contribution in [3.8, 4) is 11.8 Å². The number of ketones is 1. The van der Waals surface area contributed by atoms with Crippen molar-refractivity contribution >= 4 is 5.78 Å². The smallest absolute Gasteiger partial charge is 0.247 e. The van der Waals surface area contributed by atoms with Crippen LogP contribution in [0, 0.1) is 0 Å². The molecule has 1 aromatic carbocycles. The van der Waals surface area contributed by atoms with Crippen molar-refractivity contribution < 1.29 is 14.3 Å². The van der Waals surface area contributed by atoms with E-state index in [4.69, 9.17) is 9.47 Å². The zero-order chi connectivity index (χ0) is 14.8. The molecule has 21 heavy (non-hydrogen) atoms. The highest BCUT2D eigenvalue weighted by atomic mass is 16.5. The third-order valence-electron chi connectivity index (χ3n) is 3.70. The molecule has 0 N–H and O–H groups in total. The Morgan fingerprint density at radius 2 is 1.95 bits per heavy atom. The summed E-state index contributed by atoms with van der Waals surface area (Å²) in [6, 6.07) is 5.83. The SMILES string of the molecule is COc1cnc(C(=O)c2ccc3c(c2)CCC3)c(OC)n1. The van der Waals surface area contributed by atoms with Gasteiger partial charge in [0.05, 0.1) is 20.4 Å². The lowest BCUT2D eigenvalue weighted by atomic mass is 10.0. The second-order valence-electron chi connectivity index (χ2n) is 4.94. The first-order valence-electron chi connectivity index (χ1n) is 6.84. The summed E-state index contributed by atoms with van der Waals surface area (Å²) in [5, 5.41) is 0. The summed E-state index contributed by atoms with van der Waals surface area (Å²) in [7, 11) is 2.95. The number of hydrogen-bond donors (Lipinski definition) is 0. The highest BCUT2D eigenvalue weighted by Crippen LogP contribution is 2.25. The minimum atomic E-state index is -0.184. The van der Waals surface area contributed by atoms with Crippen molar-refractivity contribution in [2.75, 3.05) is 14.2 Å². The van der Waals surface area contributed by atoms with E-state index in [-0.39, 0.29) is 17.4 Å². The number of rotatable bonds is 4. The highest BCUT2D eigenvalue weighted by Gasteiger charge is 2.20. The van der Waals surface area contributed by atoms with Crippen molar-refractivity contribution in [3.63, 3.8) is 0 Å². The average Bonchev–Trinajstić information content (AvgIpc) is 3.01. The number of methoxy groups -OCH3 is 2. The number of aromatic nitrogens is 2. The molecule has 0 atom stereocenters. The zero-order valence-corrected chi connectivity index (χ0v) is 12.0. The molecule has 0 spiro atoms. The Labute approximate surface area is 123 Å². The van der Waals surface area contributed by atoms with E-state index in [1.54, 1.807) is 0 Å². The average molecular weight is 284 g/mol. The van der Waals surface area contributed by atoms with E-state index in [0.29, 0.717) is 11.4 Å². The first-order chi connectivity index (χ1) is 10.2. The Hall–Kier alpha value is -2.43. The third kappa shape index (κ3) is 2.46. The van der Waals surface area contributed by atoms with Crippen LogP contribution in [0.1, 0.15) is 33.6 Å². The minimum Gasteiger partial charge on any atom is -0.480 e. The molecule has 3 rings (SSSR count). The summed E-state index contributed by atoms with van der Waals surface area (Å²) in [5.41, 5.74) is 3.41. The normalized spacial score (nSPS) is 12.9. The van der Waals surface area contributed by atoms with Crippen LogP contribution in [0.2, 0.25) is 0 Å². The molecule has 5 nitrogen and oxygen atoms in total. The Morgan fingerprint density at radius 3 is 2.71 bits per heavy atom. The number of carbonyl (C=O) groups is 1. The van der Waals surface area contributed by atoms with Gasteiger partial charge in [-0.1, -0.05) is 12.1 Å². The van der Waals surface area contributed by atoms with Gasteiger partial charge in [-0.3, -0.25) is 4.79 Å². The molecule has 0 fully saturated rings. The van der Waals surface area contributed by atoms with Gasteiger partial charge in [0.25, 0.3) is 0 Å². The largest absolute Gasteiger partial charge is 0.480 e. The van der Waals surface area contributed by atoms with E-state index in [1.165, 1.54) is 31.5 Å². The van der Waals surface area contributed by atoms with Crippen molar-refractivity contribution in [1.82, 2.24) is 9.97 Å². The molecule has 0 amide bonds. The second kappa shape index (κ2) is 5.52. The molecule has 108 valence electrons. The molecule has 1 aromatic heterocycles. The number of benzene rings is 1. The van der Waals surface area contributed by atoms with E-state index >= 15 is 0 Å². The van der Waals surface area contributed by atoms with Crippen LogP contribution in [-0.4, -0.2) is 30.0 Å². The van der Waals surface area contributed by atoms with Crippen molar-refractivity contribution in [1.29, 1.82) is 0 Å². The predicted molar refractivity (Wildman–Crippen MR) is 77.0 cm³/mol. The monoisotopic (exact) mass is 284 g/mol. The molecule has 1 aliphatic carbocycles. The van der Waals surface area contributed by atoms with Gasteiger partial charge in [0, 0.05) is 5.56 Å². The number of hydrogen-bond acceptors (Lipinski definition) is 5. The lowest BCUT2D eigenvalue weighted by molar-refractivity contribution is 0.103. The topological polar surface area (TPSA) is 61.3 Å². The highest BCUT2D eigenvalue weighted by molar-refractivity contribution is 6.09. The maximum absolute atomic E-state index is 12.6. The van der Waals surface area contributed by atoms with Gasteiger partial charge in [0.2, 0.25) is 17.5 Å². The number of ether oxygens (including phenoxy) is 2. The van der Waals surface area contributed by atoms with Crippen LogP contribution in [0.4, 0.5) is 0 Å². The summed E-state index contributed by atoms with van der Waals surface area (Å²) in [6.07, 6.45) is 4.69. The predicted octanol–water partition coefficient (Wildman–Crippen LogP) is 2.21.